The van der Waals surface area contributed by atoms with Gasteiger partial charge >= 0.3 is 0 Å². The zero-order chi connectivity index (χ0) is 22.1. The smallest absolute Gasteiger partial charge is 0.151 e. The normalized spacial score (nSPS) is 17.2. The van der Waals surface area contributed by atoms with Crippen LogP contribution in [0.1, 0.15) is 18.4 Å². The van der Waals surface area contributed by atoms with E-state index in [2.05, 4.69) is 56.4 Å². The van der Waals surface area contributed by atoms with Crippen molar-refractivity contribution in [3.8, 4) is 22.3 Å². The van der Waals surface area contributed by atoms with Crippen LogP contribution in [0.25, 0.3) is 33.3 Å². The largest absolute Gasteiger partial charge is 0.392 e. The Morgan fingerprint density at radius 1 is 1.09 bits per heavy atom. The quantitative estimate of drug-likeness (QED) is 0.291. The SMILES string of the molecule is OC1CCCN(Cc2ccc(-c3cnc4c(c3)c(-c3cccc(F)c3)cn4SI)cc2)C1. The molecular formula is C25H23FIN3OS. The molecule has 5 rings (SSSR count). The average Bonchev–Trinajstić information content (AvgIpc) is 3.18. The van der Waals surface area contributed by atoms with Crippen LogP contribution in [0.4, 0.5) is 4.39 Å². The Kier molecular flexibility index (Phi) is 6.50. The third-order valence-corrected chi connectivity index (χ3v) is 7.70. The summed E-state index contributed by atoms with van der Waals surface area (Å²) in [6.07, 6.45) is 5.66. The van der Waals surface area contributed by atoms with Crippen LogP contribution in [0.5, 0.6) is 0 Å². The first-order valence-corrected chi connectivity index (χ1v) is 14.0. The molecule has 4 nitrogen and oxygen atoms in total. The summed E-state index contributed by atoms with van der Waals surface area (Å²) in [5.74, 6) is -0.244. The lowest BCUT2D eigenvalue weighted by molar-refractivity contribution is 0.0668. The van der Waals surface area contributed by atoms with Gasteiger partial charge in [-0.25, -0.2) is 9.37 Å². The van der Waals surface area contributed by atoms with Crippen LogP contribution in [0, 0.1) is 5.82 Å². The van der Waals surface area contributed by atoms with E-state index in [9.17, 15) is 9.50 Å². The summed E-state index contributed by atoms with van der Waals surface area (Å²) in [5, 5.41) is 10.9. The molecule has 1 N–H and O–H groups in total. The molecule has 1 unspecified atom stereocenters. The van der Waals surface area contributed by atoms with Crippen LogP contribution in [0.2, 0.25) is 0 Å². The maximum Gasteiger partial charge on any atom is 0.151 e. The number of aliphatic hydroxyl groups is 1. The molecule has 1 fully saturated rings. The molecule has 2 aromatic heterocycles. The number of rotatable bonds is 5. The maximum absolute atomic E-state index is 13.9. The number of β-amino-alcohol motifs (C(OH)–C–C–N with tert-alkyl or cyclic N) is 1. The van der Waals surface area contributed by atoms with E-state index in [-0.39, 0.29) is 11.9 Å². The van der Waals surface area contributed by atoms with Crippen LogP contribution in [-0.2, 0) is 6.54 Å². The van der Waals surface area contributed by atoms with E-state index >= 15 is 0 Å². The van der Waals surface area contributed by atoms with Crippen LogP contribution in [-0.4, -0.2) is 38.2 Å². The molecule has 4 aromatic rings. The minimum atomic E-state index is -0.244. The Labute approximate surface area is 203 Å². The van der Waals surface area contributed by atoms with Crippen molar-refractivity contribution in [2.75, 3.05) is 13.1 Å². The van der Waals surface area contributed by atoms with E-state index in [1.165, 1.54) is 11.6 Å². The topological polar surface area (TPSA) is 41.3 Å². The van der Waals surface area contributed by atoms with E-state index in [4.69, 9.17) is 4.98 Å². The van der Waals surface area contributed by atoms with Crippen LogP contribution >= 0.6 is 30.3 Å². The molecule has 3 heterocycles. The summed E-state index contributed by atoms with van der Waals surface area (Å²) < 4.78 is 15.9. The number of piperidine rings is 1. The van der Waals surface area contributed by atoms with Gasteiger partial charge in [0.1, 0.15) is 5.82 Å². The zero-order valence-corrected chi connectivity index (χ0v) is 20.4. The van der Waals surface area contributed by atoms with Crippen LogP contribution in [0.3, 0.4) is 0 Å². The molecule has 2 aromatic carbocycles. The molecule has 7 heteroatoms. The second-order valence-corrected chi connectivity index (χ2v) is 9.98. The van der Waals surface area contributed by atoms with Gasteiger partial charge in [-0.3, -0.25) is 8.87 Å². The number of aliphatic hydroxyl groups excluding tert-OH is 1. The molecule has 0 aliphatic carbocycles. The number of fused-ring (bicyclic) bond motifs is 1. The Morgan fingerprint density at radius 2 is 1.94 bits per heavy atom. The van der Waals surface area contributed by atoms with Gasteiger partial charge in [0.25, 0.3) is 0 Å². The van der Waals surface area contributed by atoms with Gasteiger partial charge < -0.3 is 5.11 Å². The van der Waals surface area contributed by atoms with E-state index in [0.29, 0.717) is 0 Å². The van der Waals surface area contributed by atoms with E-state index in [1.807, 2.05) is 22.4 Å². The first-order valence-electron chi connectivity index (χ1n) is 10.7. The molecule has 1 atom stereocenters. The second-order valence-electron chi connectivity index (χ2n) is 8.27. The summed E-state index contributed by atoms with van der Waals surface area (Å²) >= 11 is 2.23. The molecule has 0 amide bonds. The van der Waals surface area contributed by atoms with E-state index < -0.39 is 0 Å². The molecule has 0 bridgehead atoms. The highest BCUT2D eigenvalue weighted by atomic mass is 127. The second kappa shape index (κ2) is 9.51. The fourth-order valence-corrected chi connectivity index (χ4v) is 5.67. The van der Waals surface area contributed by atoms with Gasteiger partial charge in [-0.1, -0.05) is 36.4 Å². The standard InChI is InChI=1S/C25H23FIN3OS/c26-21-4-1-3-19(11-21)24-16-30(32-27)25-23(24)12-20(13-28-25)18-8-6-17(7-9-18)14-29-10-2-5-22(31)15-29/h1,3-4,6-9,11-13,16,22,31H,2,5,10,14-15H2. The van der Waals surface area contributed by atoms with Crippen molar-refractivity contribution in [2.45, 2.75) is 25.5 Å². The third kappa shape index (κ3) is 4.57. The summed E-state index contributed by atoms with van der Waals surface area (Å²) in [6, 6.07) is 17.4. The number of pyridine rings is 1. The van der Waals surface area contributed by atoms with Gasteiger partial charge in [-0.05, 0) is 54.3 Å². The van der Waals surface area contributed by atoms with Crippen LogP contribution < -0.4 is 0 Å². The highest BCUT2D eigenvalue weighted by molar-refractivity contribution is 14.2. The number of nitrogens with zero attached hydrogens (tertiary/aromatic N) is 3. The van der Waals surface area contributed by atoms with Crippen molar-refractivity contribution < 1.29 is 9.50 Å². The van der Waals surface area contributed by atoms with Crippen molar-refractivity contribution in [1.29, 1.82) is 0 Å². The molecule has 1 aliphatic rings. The number of likely N-dealkylation sites (tertiary alicyclic amines) is 1. The number of hydrogen-bond acceptors (Lipinski definition) is 4. The van der Waals surface area contributed by atoms with Gasteiger partial charge in [0.2, 0.25) is 0 Å². The fraction of sp³-hybridized carbons (Fsp3) is 0.240. The lowest BCUT2D eigenvalue weighted by atomic mass is 10.0. The van der Waals surface area contributed by atoms with Crippen molar-refractivity contribution in [3.05, 3.63) is 78.4 Å². The summed E-state index contributed by atoms with van der Waals surface area (Å²) in [5.41, 5.74) is 6.06. The Hall–Kier alpha value is -1.94. The lowest BCUT2D eigenvalue weighted by Crippen LogP contribution is -2.37. The van der Waals surface area contributed by atoms with E-state index in [0.717, 1.165) is 65.8 Å². The number of halogens is 2. The van der Waals surface area contributed by atoms with Gasteiger partial charge in [0, 0.05) is 72.3 Å². The monoisotopic (exact) mass is 559 g/mol. The van der Waals surface area contributed by atoms with Crippen molar-refractivity contribution in [1.82, 2.24) is 13.9 Å². The maximum atomic E-state index is 13.9. The fourth-order valence-electron chi connectivity index (χ4n) is 4.41. The molecular weight excluding hydrogens is 536 g/mol. The molecule has 1 saturated heterocycles. The zero-order valence-electron chi connectivity index (χ0n) is 17.4. The molecule has 0 spiro atoms. The Morgan fingerprint density at radius 3 is 2.69 bits per heavy atom. The molecule has 1 aliphatic heterocycles. The van der Waals surface area contributed by atoms with Crippen molar-refractivity contribution in [3.63, 3.8) is 0 Å². The van der Waals surface area contributed by atoms with Crippen molar-refractivity contribution >= 4 is 41.4 Å². The molecule has 32 heavy (non-hydrogen) atoms. The minimum absolute atomic E-state index is 0.207. The van der Waals surface area contributed by atoms with Crippen LogP contribution in [0.15, 0.2) is 67.0 Å². The van der Waals surface area contributed by atoms with Gasteiger partial charge in [0.15, 0.2) is 5.65 Å². The number of aromatic nitrogens is 2. The Balaban J connectivity index is 1.46. The summed E-state index contributed by atoms with van der Waals surface area (Å²) in [7, 11) is 1.55. The van der Waals surface area contributed by atoms with Gasteiger partial charge in [-0.15, -0.1) is 0 Å². The summed E-state index contributed by atoms with van der Waals surface area (Å²) in [4.78, 5) is 7.04. The highest BCUT2D eigenvalue weighted by Gasteiger charge is 2.18. The lowest BCUT2D eigenvalue weighted by Gasteiger charge is -2.29. The summed E-state index contributed by atoms with van der Waals surface area (Å²) in [6.45, 7) is 2.64. The number of benzene rings is 2. The van der Waals surface area contributed by atoms with E-state index in [1.54, 1.807) is 21.3 Å². The van der Waals surface area contributed by atoms with Gasteiger partial charge in [0.05, 0.1) is 6.10 Å². The predicted octanol–water partition coefficient (Wildman–Crippen LogP) is 6.31. The molecule has 164 valence electrons. The predicted molar refractivity (Wildman–Crippen MR) is 138 cm³/mol. The van der Waals surface area contributed by atoms with Crippen molar-refractivity contribution in [2.24, 2.45) is 0 Å². The highest BCUT2D eigenvalue weighted by Crippen LogP contribution is 2.36. The molecule has 0 radical (unpaired) electrons. The average molecular weight is 559 g/mol. The first kappa shape index (κ1) is 21.9. The third-order valence-electron chi connectivity index (χ3n) is 6.00. The van der Waals surface area contributed by atoms with Gasteiger partial charge in [-0.2, -0.15) is 0 Å². The molecule has 0 saturated carbocycles. The first-order chi connectivity index (χ1) is 15.6. The minimum Gasteiger partial charge on any atom is -0.392 e. The number of hydrogen-bond donors (Lipinski definition) is 1. The Bertz CT molecular complexity index is 1240.